The quantitative estimate of drug-likeness (QED) is 0.855. The molecule has 0 saturated carbocycles. The summed E-state index contributed by atoms with van der Waals surface area (Å²) in [5.74, 6) is -1.01. The highest BCUT2D eigenvalue weighted by atomic mass is 35.5. The van der Waals surface area contributed by atoms with Crippen molar-refractivity contribution in [1.82, 2.24) is 4.90 Å². The van der Waals surface area contributed by atoms with Crippen LogP contribution in [0.1, 0.15) is 36.5 Å². The van der Waals surface area contributed by atoms with Crippen molar-refractivity contribution in [2.24, 2.45) is 0 Å². The molecule has 19 heavy (non-hydrogen) atoms. The molecular formula is C14H15ClFNO2. The number of hydrogen-bond acceptors (Lipinski definition) is 2. The molecule has 2 rings (SSSR count). The number of likely N-dealkylation sites (tertiary alicyclic amines) is 1. The molecule has 0 aliphatic carbocycles. The van der Waals surface area contributed by atoms with Gasteiger partial charge in [0.1, 0.15) is 11.6 Å². The molecule has 102 valence electrons. The second-order valence-corrected chi connectivity index (χ2v) is 5.20. The van der Waals surface area contributed by atoms with Crippen molar-refractivity contribution in [2.45, 2.75) is 32.2 Å². The molecule has 1 heterocycles. The summed E-state index contributed by atoms with van der Waals surface area (Å²) in [4.78, 5) is 25.1. The number of halogens is 2. The second kappa shape index (κ2) is 5.70. The van der Waals surface area contributed by atoms with Crippen LogP contribution in [0.5, 0.6) is 0 Å². The van der Waals surface area contributed by atoms with Crippen molar-refractivity contribution in [3.63, 3.8) is 0 Å². The highest BCUT2D eigenvalue weighted by Gasteiger charge is 2.32. The lowest BCUT2D eigenvalue weighted by Gasteiger charge is -2.24. The van der Waals surface area contributed by atoms with Crippen LogP contribution in [0, 0.1) is 5.82 Å². The zero-order valence-electron chi connectivity index (χ0n) is 10.7. The first-order chi connectivity index (χ1) is 9.00. The molecule has 1 unspecified atom stereocenters. The fourth-order valence-corrected chi connectivity index (χ4v) is 2.74. The SMILES string of the molecule is CC(=O)CC1CCCN1C(=O)c1c(F)cccc1Cl. The molecule has 1 aromatic carbocycles. The lowest BCUT2D eigenvalue weighted by Crippen LogP contribution is -2.37. The Bertz CT molecular complexity index is 498. The van der Waals surface area contributed by atoms with Crippen molar-refractivity contribution in [1.29, 1.82) is 0 Å². The molecule has 1 aliphatic heterocycles. The number of carbonyl (C=O) groups is 2. The number of nitrogens with zero attached hydrogens (tertiary/aromatic N) is 1. The van der Waals surface area contributed by atoms with Crippen LogP contribution in [0.2, 0.25) is 5.02 Å². The molecule has 1 amide bonds. The van der Waals surface area contributed by atoms with Gasteiger partial charge in [-0.25, -0.2) is 4.39 Å². The lowest BCUT2D eigenvalue weighted by molar-refractivity contribution is -0.117. The zero-order valence-corrected chi connectivity index (χ0v) is 11.4. The van der Waals surface area contributed by atoms with Gasteiger partial charge in [0.05, 0.1) is 10.6 Å². The third-order valence-electron chi connectivity index (χ3n) is 3.34. The first-order valence-corrected chi connectivity index (χ1v) is 6.63. The van der Waals surface area contributed by atoms with Crippen LogP contribution < -0.4 is 0 Å². The Kier molecular flexibility index (Phi) is 4.20. The van der Waals surface area contributed by atoms with Crippen LogP contribution in [0.15, 0.2) is 18.2 Å². The number of ketones is 1. The fraction of sp³-hybridized carbons (Fsp3) is 0.429. The summed E-state index contributed by atoms with van der Waals surface area (Å²) in [7, 11) is 0. The van der Waals surface area contributed by atoms with Gasteiger partial charge in [-0.15, -0.1) is 0 Å². The van der Waals surface area contributed by atoms with Crippen LogP contribution in [0.4, 0.5) is 4.39 Å². The molecule has 0 N–H and O–H groups in total. The van der Waals surface area contributed by atoms with E-state index < -0.39 is 11.7 Å². The summed E-state index contributed by atoms with van der Waals surface area (Å²) in [6.07, 6.45) is 1.92. The molecular weight excluding hydrogens is 269 g/mol. The predicted octanol–water partition coefficient (Wildman–Crippen LogP) is 3.06. The van der Waals surface area contributed by atoms with Gasteiger partial charge in [-0.3, -0.25) is 9.59 Å². The number of carbonyl (C=O) groups excluding carboxylic acids is 2. The maximum absolute atomic E-state index is 13.7. The van der Waals surface area contributed by atoms with E-state index in [1.165, 1.54) is 25.1 Å². The number of hydrogen-bond donors (Lipinski definition) is 0. The highest BCUT2D eigenvalue weighted by molar-refractivity contribution is 6.33. The largest absolute Gasteiger partial charge is 0.335 e. The Balaban J connectivity index is 2.26. The Morgan fingerprint density at radius 2 is 2.21 bits per heavy atom. The van der Waals surface area contributed by atoms with Gasteiger partial charge in [0.2, 0.25) is 0 Å². The minimum atomic E-state index is -0.619. The molecule has 1 fully saturated rings. The summed E-state index contributed by atoms with van der Waals surface area (Å²) in [6, 6.07) is 4.04. The van der Waals surface area contributed by atoms with Crippen LogP contribution >= 0.6 is 11.6 Å². The van der Waals surface area contributed by atoms with Crippen molar-refractivity contribution in [3.05, 3.63) is 34.6 Å². The zero-order chi connectivity index (χ0) is 14.0. The van der Waals surface area contributed by atoms with Crippen molar-refractivity contribution in [2.75, 3.05) is 6.54 Å². The average Bonchev–Trinajstić information content (AvgIpc) is 2.75. The van der Waals surface area contributed by atoms with Gasteiger partial charge in [0.15, 0.2) is 0 Å². The molecule has 3 nitrogen and oxygen atoms in total. The molecule has 0 aromatic heterocycles. The van der Waals surface area contributed by atoms with E-state index in [1.807, 2.05) is 0 Å². The molecule has 1 saturated heterocycles. The Morgan fingerprint density at radius 1 is 1.47 bits per heavy atom. The van der Waals surface area contributed by atoms with Crippen LogP contribution in [0.25, 0.3) is 0 Å². The maximum Gasteiger partial charge on any atom is 0.258 e. The van der Waals surface area contributed by atoms with Gasteiger partial charge in [-0.05, 0) is 31.9 Å². The van der Waals surface area contributed by atoms with E-state index >= 15 is 0 Å². The number of benzene rings is 1. The summed E-state index contributed by atoms with van der Waals surface area (Å²) in [5, 5.41) is 0.110. The normalized spacial score (nSPS) is 18.7. The first kappa shape index (κ1) is 14.0. The Hall–Kier alpha value is -1.42. The van der Waals surface area contributed by atoms with E-state index in [-0.39, 0.29) is 22.4 Å². The fourth-order valence-electron chi connectivity index (χ4n) is 2.49. The third-order valence-corrected chi connectivity index (χ3v) is 3.65. The van der Waals surface area contributed by atoms with Crippen LogP contribution in [-0.2, 0) is 4.79 Å². The van der Waals surface area contributed by atoms with E-state index in [2.05, 4.69) is 0 Å². The summed E-state index contributed by atoms with van der Waals surface area (Å²) in [5.41, 5.74) is -0.0976. The smallest absolute Gasteiger partial charge is 0.258 e. The molecule has 1 aromatic rings. The van der Waals surface area contributed by atoms with E-state index in [4.69, 9.17) is 11.6 Å². The molecule has 1 aliphatic rings. The number of Topliss-reactive ketones (excluding diaryl/α,β-unsaturated/α-hetero) is 1. The molecule has 5 heteroatoms. The summed E-state index contributed by atoms with van der Waals surface area (Å²) >= 11 is 5.90. The van der Waals surface area contributed by atoms with Gasteiger partial charge in [-0.1, -0.05) is 17.7 Å². The number of amides is 1. The summed E-state index contributed by atoms with van der Waals surface area (Å²) in [6.45, 7) is 2.04. The van der Waals surface area contributed by atoms with Crippen molar-refractivity contribution in [3.8, 4) is 0 Å². The predicted molar refractivity (Wildman–Crippen MR) is 70.8 cm³/mol. The van der Waals surface area contributed by atoms with E-state index in [9.17, 15) is 14.0 Å². The Morgan fingerprint density at radius 3 is 2.84 bits per heavy atom. The van der Waals surface area contributed by atoms with E-state index in [0.717, 1.165) is 12.8 Å². The second-order valence-electron chi connectivity index (χ2n) is 4.80. The Labute approximate surface area is 116 Å². The molecule has 1 atom stereocenters. The van der Waals surface area contributed by atoms with E-state index in [1.54, 1.807) is 4.90 Å². The van der Waals surface area contributed by atoms with Gasteiger partial charge >= 0.3 is 0 Å². The van der Waals surface area contributed by atoms with Crippen LogP contribution in [0.3, 0.4) is 0 Å². The van der Waals surface area contributed by atoms with Gasteiger partial charge < -0.3 is 4.90 Å². The molecule has 0 radical (unpaired) electrons. The lowest BCUT2D eigenvalue weighted by atomic mass is 10.1. The van der Waals surface area contributed by atoms with Gasteiger partial charge in [0.25, 0.3) is 5.91 Å². The van der Waals surface area contributed by atoms with Crippen molar-refractivity contribution >= 4 is 23.3 Å². The van der Waals surface area contributed by atoms with Gasteiger partial charge in [-0.2, -0.15) is 0 Å². The third kappa shape index (κ3) is 2.95. The highest BCUT2D eigenvalue weighted by Crippen LogP contribution is 2.27. The van der Waals surface area contributed by atoms with Gasteiger partial charge in [0, 0.05) is 19.0 Å². The standard InChI is InChI=1S/C14H15ClFNO2/c1-9(18)8-10-4-3-7-17(10)14(19)13-11(15)5-2-6-12(13)16/h2,5-6,10H,3-4,7-8H2,1H3. The van der Waals surface area contributed by atoms with Crippen LogP contribution in [-0.4, -0.2) is 29.2 Å². The summed E-state index contributed by atoms with van der Waals surface area (Å²) < 4.78 is 13.7. The molecule has 0 spiro atoms. The first-order valence-electron chi connectivity index (χ1n) is 6.25. The monoisotopic (exact) mass is 283 g/mol. The minimum absolute atomic E-state index is 0.0318. The minimum Gasteiger partial charge on any atom is -0.335 e. The van der Waals surface area contributed by atoms with Crippen molar-refractivity contribution < 1.29 is 14.0 Å². The average molecular weight is 284 g/mol. The molecule has 0 bridgehead atoms. The topological polar surface area (TPSA) is 37.4 Å². The van der Waals surface area contributed by atoms with E-state index in [0.29, 0.717) is 13.0 Å². The maximum atomic E-state index is 13.7. The number of rotatable bonds is 3.